The quantitative estimate of drug-likeness (QED) is 0.848. The van der Waals surface area contributed by atoms with E-state index in [4.69, 9.17) is 0 Å². The Labute approximate surface area is 159 Å². The smallest absolute Gasteiger partial charge is 0.256 e. The first-order valence-electron chi connectivity index (χ1n) is 9.35. The number of likely N-dealkylation sites (N-methyl/N-ethyl adjacent to an activating group) is 1. The number of anilines is 1. The molecule has 0 spiro atoms. The van der Waals surface area contributed by atoms with Gasteiger partial charge in [0.2, 0.25) is 5.91 Å². The predicted molar refractivity (Wildman–Crippen MR) is 104 cm³/mol. The Balaban J connectivity index is 1.62. The van der Waals surface area contributed by atoms with E-state index in [-0.39, 0.29) is 17.9 Å². The lowest BCUT2D eigenvalue weighted by molar-refractivity contribution is -0.129. The summed E-state index contributed by atoms with van der Waals surface area (Å²) in [7, 11) is 1.86. The number of aryl methyl sites for hydroxylation is 1. The highest BCUT2D eigenvalue weighted by atomic mass is 16.2. The number of nitrogens with zero attached hydrogens (tertiary/aromatic N) is 4. The third-order valence-electron chi connectivity index (χ3n) is 5.14. The predicted octanol–water partition coefficient (Wildman–Crippen LogP) is 2.21. The Morgan fingerprint density at radius 3 is 2.89 bits per heavy atom. The Bertz CT molecular complexity index is 816. The summed E-state index contributed by atoms with van der Waals surface area (Å²) in [4.78, 5) is 28.3. The van der Waals surface area contributed by atoms with Crippen molar-refractivity contribution >= 4 is 17.6 Å². The molecule has 1 aromatic carbocycles. The fourth-order valence-electron chi connectivity index (χ4n) is 3.48. The summed E-state index contributed by atoms with van der Waals surface area (Å²) in [5.74, 6) is 0.664. The van der Waals surface area contributed by atoms with E-state index in [1.807, 2.05) is 43.1 Å². The lowest BCUT2D eigenvalue weighted by Crippen LogP contribution is -2.37. The number of hydrogen-bond acceptors (Lipinski definition) is 4. The van der Waals surface area contributed by atoms with Crippen LogP contribution >= 0.6 is 0 Å². The first kappa shape index (κ1) is 19.1. The molecule has 0 radical (unpaired) electrons. The van der Waals surface area contributed by atoms with Crippen molar-refractivity contribution in [2.75, 3.05) is 25.5 Å². The van der Waals surface area contributed by atoms with Gasteiger partial charge >= 0.3 is 0 Å². The van der Waals surface area contributed by atoms with Gasteiger partial charge in [-0.2, -0.15) is 5.10 Å². The Morgan fingerprint density at radius 2 is 2.15 bits per heavy atom. The monoisotopic (exact) mass is 369 g/mol. The van der Waals surface area contributed by atoms with Crippen molar-refractivity contribution in [1.29, 1.82) is 0 Å². The van der Waals surface area contributed by atoms with Gasteiger partial charge in [-0.05, 0) is 31.0 Å². The summed E-state index contributed by atoms with van der Waals surface area (Å²) in [5.41, 5.74) is 1.73. The molecule has 0 aliphatic carbocycles. The first-order valence-corrected chi connectivity index (χ1v) is 9.35. The number of carbonyl (C=O) groups is 2. The fraction of sp³-hybridized carbons (Fsp3) is 0.450. The van der Waals surface area contributed by atoms with Gasteiger partial charge in [0, 0.05) is 57.8 Å². The molecule has 1 aliphatic rings. The molecular formula is C20H27N5O2. The van der Waals surface area contributed by atoms with Crippen LogP contribution in [0.15, 0.2) is 36.5 Å². The average molecular weight is 369 g/mol. The topological polar surface area (TPSA) is 70.5 Å². The van der Waals surface area contributed by atoms with E-state index in [1.54, 1.807) is 23.9 Å². The first-order chi connectivity index (χ1) is 13.0. The number of benzene rings is 1. The van der Waals surface area contributed by atoms with Gasteiger partial charge in [-0.15, -0.1) is 0 Å². The molecule has 1 aliphatic heterocycles. The molecule has 7 heteroatoms. The van der Waals surface area contributed by atoms with E-state index in [1.165, 1.54) is 0 Å². The Hall–Kier alpha value is -2.67. The van der Waals surface area contributed by atoms with Gasteiger partial charge in [0.25, 0.3) is 5.91 Å². The molecule has 1 unspecified atom stereocenters. The van der Waals surface area contributed by atoms with Crippen molar-refractivity contribution in [2.24, 2.45) is 0 Å². The summed E-state index contributed by atoms with van der Waals surface area (Å²) in [6, 6.07) is 9.77. The van der Waals surface area contributed by atoms with Crippen LogP contribution in [0.5, 0.6) is 0 Å². The molecule has 2 amide bonds. The summed E-state index contributed by atoms with van der Waals surface area (Å²) in [6.45, 7) is 6.88. The zero-order chi connectivity index (χ0) is 19.4. The standard InChI is InChI=1S/C20H27N5O2/c1-4-25-19(8-10-21-25)22-20(27)17-7-5-6-16(12-17)13-24-11-9-18(14-24)23(3)15(2)26/h5-8,10,12,18H,4,9,11,13-14H2,1-3H3,(H,22,27). The van der Waals surface area contributed by atoms with Gasteiger partial charge in [0.05, 0.1) is 6.20 Å². The average Bonchev–Trinajstić information content (AvgIpc) is 3.30. The van der Waals surface area contributed by atoms with Crippen LogP contribution in [0.4, 0.5) is 5.82 Å². The Morgan fingerprint density at radius 1 is 1.33 bits per heavy atom. The van der Waals surface area contributed by atoms with Crippen molar-refractivity contribution in [3.8, 4) is 0 Å². The van der Waals surface area contributed by atoms with Crippen LogP contribution in [0.3, 0.4) is 0 Å². The highest BCUT2D eigenvalue weighted by Crippen LogP contribution is 2.18. The lowest BCUT2D eigenvalue weighted by atomic mass is 10.1. The minimum Gasteiger partial charge on any atom is -0.342 e. The van der Waals surface area contributed by atoms with E-state index in [0.717, 1.165) is 31.6 Å². The molecule has 144 valence electrons. The SMILES string of the molecule is CCn1nccc1NC(=O)c1cccc(CN2CCC(N(C)C(C)=O)C2)c1. The molecule has 7 nitrogen and oxygen atoms in total. The maximum atomic E-state index is 12.6. The van der Waals surface area contributed by atoms with Gasteiger partial charge in [-0.1, -0.05) is 12.1 Å². The van der Waals surface area contributed by atoms with E-state index in [9.17, 15) is 9.59 Å². The number of rotatable bonds is 6. The number of amides is 2. The van der Waals surface area contributed by atoms with Crippen molar-refractivity contribution in [3.05, 3.63) is 47.7 Å². The fourth-order valence-corrected chi connectivity index (χ4v) is 3.48. The van der Waals surface area contributed by atoms with E-state index in [2.05, 4.69) is 15.3 Å². The van der Waals surface area contributed by atoms with E-state index >= 15 is 0 Å². The highest BCUT2D eigenvalue weighted by molar-refractivity contribution is 6.03. The molecule has 0 bridgehead atoms. The largest absolute Gasteiger partial charge is 0.342 e. The lowest BCUT2D eigenvalue weighted by Gasteiger charge is -2.23. The number of carbonyl (C=O) groups excluding carboxylic acids is 2. The zero-order valence-corrected chi connectivity index (χ0v) is 16.2. The van der Waals surface area contributed by atoms with Crippen molar-refractivity contribution in [2.45, 2.75) is 39.4 Å². The summed E-state index contributed by atoms with van der Waals surface area (Å²) >= 11 is 0. The van der Waals surface area contributed by atoms with E-state index < -0.39 is 0 Å². The summed E-state index contributed by atoms with van der Waals surface area (Å²) < 4.78 is 1.75. The highest BCUT2D eigenvalue weighted by Gasteiger charge is 2.27. The molecule has 1 aromatic heterocycles. The Kier molecular flexibility index (Phi) is 5.91. The molecule has 2 heterocycles. The van der Waals surface area contributed by atoms with Crippen molar-refractivity contribution in [3.63, 3.8) is 0 Å². The number of likely N-dealkylation sites (tertiary alicyclic amines) is 1. The van der Waals surface area contributed by atoms with E-state index in [0.29, 0.717) is 17.9 Å². The molecule has 1 atom stereocenters. The normalized spacial score (nSPS) is 17.1. The van der Waals surface area contributed by atoms with Gasteiger partial charge in [-0.3, -0.25) is 14.5 Å². The maximum absolute atomic E-state index is 12.6. The third kappa shape index (κ3) is 4.54. The molecule has 1 fully saturated rings. The minimum atomic E-state index is -0.136. The molecule has 1 saturated heterocycles. The zero-order valence-electron chi connectivity index (χ0n) is 16.2. The van der Waals surface area contributed by atoms with Crippen LogP contribution in [-0.2, 0) is 17.9 Å². The maximum Gasteiger partial charge on any atom is 0.256 e. The third-order valence-corrected chi connectivity index (χ3v) is 5.14. The van der Waals surface area contributed by atoms with Crippen LogP contribution in [-0.4, -0.2) is 57.6 Å². The van der Waals surface area contributed by atoms with Gasteiger partial charge in [0.15, 0.2) is 0 Å². The number of hydrogen-bond donors (Lipinski definition) is 1. The van der Waals surface area contributed by atoms with Gasteiger partial charge in [0.1, 0.15) is 5.82 Å². The summed E-state index contributed by atoms with van der Waals surface area (Å²) in [6.07, 6.45) is 2.66. The second kappa shape index (κ2) is 8.35. The molecule has 2 aromatic rings. The van der Waals surface area contributed by atoms with Crippen LogP contribution in [0.25, 0.3) is 0 Å². The van der Waals surface area contributed by atoms with Crippen LogP contribution in [0.2, 0.25) is 0 Å². The summed E-state index contributed by atoms with van der Waals surface area (Å²) in [5, 5.41) is 7.09. The molecular weight excluding hydrogens is 342 g/mol. The number of nitrogens with one attached hydrogen (secondary N) is 1. The van der Waals surface area contributed by atoms with Crippen LogP contribution in [0.1, 0.15) is 36.2 Å². The molecule has 3 rings (SSSR count). The van der Waals surface area contributed by atoms with Gasteiger partial charge < -0.3 is 10.2 Å². The molecule has 27 heavy (non-hydrogen) atoms. The van der Waals surface area contributed by atoms with Crippen LogP contribution in [0, 0.1) is 0 Å². The minimum absolute atomic E-state index is 0.104. The number of aromatic nitrogens is 2. The van der Waals surface area contributed by atoms with Crippen molar-refractivity contribution < 1.29 is 9.59 Å². The second-order valence-corrected chi connectivity index (χ2v) is 6.99. The second-order valence-electron chi connectivity index (χ2n) is 6.99. The van der Waals surface area contributed by atoms with Gasteiger partial charge in [-0.25, -0.2) is 4.68 Å². The molecule has 1 N–H and O–H groups in total. The molecule has 0 saturated carbocycles. The van der Waals surface area contributed by atoms with Crippen molar-refractivity contribution in [1.82, 2.24) is 19.6 Å². The van der Waals surface area contributed by atoms with Crippen LogP contribution < -0.4 is 5.32 Å².